The number of benzene rings is 1. The molecule has 1 heterocycles. The van der Waals surface area contributed by atoms with Gasteiger partial charge in [-0.25, -0.2) is 4.98 Å². The Labute approximate surface area is 141 Å². The quantitative estimate of drug-likeness (QED) is 0.918. The fraction of sp³-hybridized carbons (Fsp3) is 0.526. The molecule has 1 aromatic heterocycles. The van der Waals surface area contributed by atoms with Crippen molar-refractivity contribution >= 4 is 16.9 Å². The third-order valence-corrected chi connectivity index (χ3v) is 5.78. The Morgan fingerprint density at radius 1 is 1.25 bits per heavy atom. The van der Waals surface area contributed by atoms with Crippen LogP contribution in [0.15, 0.2) is 35.3 Å². The van der Waals surface area contributed by atoms with E-state index in [1.165, 1.54) is 36.4 Å². The third kappa shape index (κ3) is 2.95. The molecule has 1 amide bonds. The highest BCUT2D eigenvalue weighted by Gasteiger charge is 2.38. The van der Waals surface area contributed by atoms with Crippen LogP contribution in [0.2, 0.25) is 0 Å². The highest BCUT2D eigenvalue weighted by molar-refractivity contribution is 5.79. The van der Waals surface area contributed by atoms with Crippen LogP contribution in [0.1, 0.15) is 32.1 Å². The summed E-state index contributed by atoms with van der Waals surface area (Å²) in [7, 11) is 0. The normalized spacial score (nSPS) is 25.2. The number of hydrogen-bond donors (Lipinski definition) is 1. The number of fused-ring (bicyclic) bond motifs is 3. The van der Waals surface area contributed by atoms with Gasteiger partial charge in [-0.1, -0.05) is 18.6 Å². The minimum absolute atomic E-state index is 0.0542. The predicted octanol–water partition coefficient (Wildman–Crippen LogP) is 2.34. The van der Waals surface area contributed by atoms with Crippen LogP contribution in [-0.4, -0.2) is 22.0 Å². The van der Waals surface area contributed by atoms with E-state index in [4.69, 9.17) is 0 Å². The summed E-state index contributed by atoms with van der Waals surface area (Å²) in [6, 6.07) is 7.40. The van der Waals surface area contributed by atoms with E-state index in [1.54, 1.807) is 0 Å². The number of amides is 1. The Balaban J connectivity index is 1.36. The minimum atomic E-state index is -0.239. The molecule has 5 nitrogen and oxygen atoms in total. The summed E-state index contributed by atoms with van der Waals surface area (Å²) in [5.41, 5.74) is 1.19. The second kappa shape index (κ2) is 6.38. The van der Waals surface area contributed by atoms with Gasteiger partial charge in [0, 0.05) is 6.54 Å². The maximum absolute atomic E-state index is 12.3. The summed E-state index contributed by atoms with van der Waals surface area (Å²) in [6.45, 7) is 0.767. The lowest BCUT2D eigenvalue weighted by Crippen LogP contribution is -2.33. The van der Waals surface area contributed by atoms with Gasteiger partial charge >= 0.3 is 0 Å². The molecule has 0 spiro atoms. The van der Waals surface area contributed by atoms with Crippen LogP contribution >= 0.6 is 0 Å². The van der Waals surface area contributed by atoms with Crippen molar-refractivity contribution in [2.75, 3.05) is 6.54 Å². The van der Waals surface area contributed by atoms with Gasteiger partial charge in [-0.2, -0.15) is 0 Å². The lowest BCUT2D eigenvalue weighted by atomic mass is 9.86. The van der Waals surface area contributed by atoms with Gasteiger partial charge in [0.2, 0.25) is 5.91 Å². The first-order valence-electron chi connectivity index (χ1n) is 8.92. The number of nitrogens with zero attached hydrogens (tertiary/aromatic N) is 2. The molecule has 2 bridgehead atoms. The van der Waals surface area contributed by atoms with E-state index in [0.717, 1.165) is 29.7 Å². The molecule has 24 heavy (non-hydrogen) atoms. The summed E-state index contributed by atoms with van der Waals surface area (Å²) in [5.74, 6) is 2.52. The standard InChI is InChI=1S/C19H23N3O2/c23-18(20-8-7-15-10-13-5-6-14(15)9-13)12-22-17-4-2-1-3-16(17)21-11-19(22)24/h1-4,11,13-15H,5-10,12H2,(H,20,23). The number of carbonyl (C=O) groups is 1. The lowest BCUT2D eigenvalue weighted by molar-refractivity contribution is -0.121. The van der Waals surface area contributed by atoms with E-state index >= 15 is 0 Å². The van der Waals surface area contributed by atoms with Crippen LogP contribution in [0.4, 0.5) is 0 Å². The van der Waals surface area contributed by atoms with Crippen molar-refractivity contribution in [1.29, 1.82) is 0 Å². The number of para-hydroxylation sites is 2. The number of rotatable bonds is 5. The number of carbonyl (C=O) groups excluding carboxylic acids is 1. The monoisotopic (exact) mass is 325 g/mol. The molecule has 0 saturated heterocycles. The number of aromatic nitrogens is 2. The van der Waals surface area contributed by atoms with Crippen molar-refractivity contribution < 1.29 is 4.79 Å². The average Bonchev–Trinajstić information content (AvgIpc) is 3.20. The number of nitrogens with one attached hydrogen (secondary N) is 1. The van der Waals surface area contributed by atoms with E-state index < -0.39 is 0 Å². The van der Waals surface area contributed by atoms with Crippen LogP contribution < -0.4 is 10.9 Å². The summed E-state index contributed by atoms with van der Waals surface area (Å²) < 4.78 is 1.50. The molecule has 2 aromatic rings. The van der Waals surface area contributed by atoms with Crippen molar-refractivity contribution in [3.63, 3.8) is 0 Å². The molecule has 0 radical (unpaired) electrons. The van der Waals surface area contributed by atoms with Gasteiger partial charge in [0.25, 0.3) is 5.56 Å². The Bertz CT molecular complexity index is 814. The van der Waals surface area contributed by atoms with E-state index in [0.29, 0.717) is 12.1 Å². The minimum Gasteiger partial charge on any atom is -0.355 e. The molecule has 3 unspecified atom stereocenters. The summed E-state index contributed by atoms with van der Waals surface area (Å²) in [6.07, 6.45) is 7.88. The van der Waals surface area contributed by atoms with Gasteiger partial charge in [-0.3, -0.25) is 14.2 Å². The van der Waals surface area contributed by atoms with E-state index in [1.807, 2.05) is 24.3 Å². The van der Waals surface area contributed by atoms with Crippen LogP contribution in [-0.2, 0) is 11.3 Å². The molecule has 126 valence electrons. The molecule has 2 aliphatic carbocycles. The fourth-order valence-electron chi connectivity index (χ4n) is 4.60. The third-order valence-electron chi connectivity index (χ3n) is 5.78. The molecule has 5 heteroatoms. The predicted molar refractivity (Wildman–Crippen MR) is 92.6 cm³/mol. The second-order valence-electron chi connectivity index (χ2n) is 7.24. The summed E-state index contributed by atoms with van der Waals surface area (Å²) in [5, 5.41) is 2.99. The smallest absolute Gasteiger partial charge is 0.269 e. The first-order chi connectivity index (χ1) is 11.7. The van der Waals surface area contributed by atoms with Gasteiger partial charge in [-0.05, 0) is 55.6 Å². The van der Waals surface area contributed by atoms with Crippen molar-refractivity contribution in [1.82, 2.24) is 14.9 Å². The van der Waals surface area contributed by atoms with Crippen molar-refractivity contribution in [2.24, 2.45) is 17.8 Å². The van der Waals surface area contributed by atoms with Gasteiger partial charge in [0.05, 0.1) is 17.2 Å². The Hall–Kier alpha value is -2.17. The summed E-state index contributed by atoms with van der Waals surface area (Å²) in [4.78, 5) is 28.4. The summed E-state index contributed by atoms with van der Waals surface area (Å²) >= 11 is 0. The maximum Gasteiger partial charge on any atom is 0.269 e. The largest absolute Gasteiger partial charge is 0.355 e. The van der Waals surface area contributed by atoms with Gasteiger partial charge in [-0.15, -0.1) is 0 Å². The molecule has 2 aliphatic rings. The zero-order valence-corrected chi connectivity index (χ0v) is 13.8. The molecular weight excluding hydrogens is 302 g/mol. The van der Waals surface area contributed by atoms with Crippen LogP contribution in [0, 0.1) is 17.8 Å². The first kappa shape index (κ1) is 15.4. The van der Waals surface area contributed by atoms with Crippen molar-refractivity contribution in [3.8, 4) is 0 Å². The molecule has 1 N–H and O–H groups in total. The van der Waals surface area contributed by atoms with Crippen molar-refractivity contribution in [2.45, 2.75) is 38.6 Å². The highest BCUT2D eigenvalue weighted by Crippen LogP contribution is 2.49. The Kier molecular flexibility index (Phi) is 4.08. The SMILES string of the molecule is O=C(Cn1c(=O)cnc2ccccc21)NCCC1CC2CCC1C2. The van der Waals surface area contributed by atoms with E-state index in [-0.39, 0.29) is 18.0 Å². The van der Waals surface area contributed by atoms with Gasteiger partial charge < -0.3 is 5.32 Å². The van der Waals surface area contributed by atoms with Gasteiger partial charge in [0.1, 0.15) is 6.54 Å². The van der Waals surface area contributed by atoms with E-state index in [9.17, 15) is 9.59 Å². The fourth-order valence-corrected chi connectivity index (χ4v) is 4.60. The van der Waals surface area contributed by atoms with Crippen LogP contribution in [0.25, 0.3) is 11.0 Å². The highest BCUT2D eigenvalue weighted by atomic mass is 16.2. The molecule has 4 rings (SSSR count). The zero-order chi connectivity index (χ0) is 16.5. The van der Waals surface area contributed by atoms with Gasteiger partial charge in [0.15, 0.2) is 0 Å². The molecule has 3 atom stereocenters. The topological polar surface area (TPSA) is 64.0 Å². The van der Waals surface area contributed by atoms with Crippen LogP contribution in [0.5, 0.6) is 0 Å². The lowest BCUT2D eigenvalue weighted by Gasteiger charge is -2.21. The average molecular weight is 325 g/mol. The second-order valence-corrected chi connectivity index (χ2v) is 7.24. The Morgan fingerprint density at radius 3 is 2.92 bits per heavy atom. The number of hydrogen-bond acceptors (Lipinski definition) is 3. The Morgan fingerprint density at radius 2 is 2.12 bits per heavy atom. The van der Waals surface area contributed by atoms with Crippen LogP contribution in [0.3, 0.4) is 0 Å². The van der Waals surface area contributed by atoms with E-state index in [2.05, 4.69) is 10.3 Å². The molecule has 2 fully saturated rings. The molecule has 0 aliphatic heterocycles. The first-order valence-corrected chi connectivity index (χ1v) is 8.92. The molecule has 1 aromatic carbocycles. The molecular formula is C19H23N3O2. The van der Waals surface area contributed by atoms with Crippen molar-refractivity contribution in [3.05, 3.63) is 40.8 Å². The zero-order valence-electron chi connectivity index (χ0n) is 13.8. The molecule has 2 saturated carbocycles. The maximum atomic E-state index is 12.3.